The number of hydrogen-bond acceptors (Lipinski definition) is 4. The van der Waals surface area contributed by atoms with E-state index < -0.39 is 6.55 Å². The zero-order valence-corrected chi connectivity index (χ0v) is 18.8. The van der Waals surface area contributed by atoms with Crippen LogP contribution in [0.1, 0.15) is 19.4 Å². The molecule has 0 aliphatic carbocycles. The van der Waals surface area contributed by atoms with Crippen LogP contribution in [0.5, 0.6) is 0 Å². The molecule has 8 heteroatoms. The van der Waals surface area contributed by atoms with Gasteiger partial charge in [-0.2, -0.15) is 8.78 Å². The lowest BCUT2D eigenvalue weighted by Crippen LogP contribution is -2.50. The van der Waals surface area contributed by atoms with Gasteiger partial charge in [-0.3, -0.25) is 9.36 Å². The number of rotatable bonds is 4. The van der Waals surface area contributed by atoms with E-state index in [0.717, 1.165) is 62.4 Å². The molecule has 2 aliphatic rings. The van der Waals surface area contributed by atoms with E-state index in [9.17, 15) is 13.6 Å². The van der Waals surface area contributed by atoms with E-state index in [2.05, 4.69) is 21.8 Å². The number of nitrogens with zero attached hydrogens (tertiary/aromatic N) is 5. The quantitative estimate of drug-likeness (QED) is 0.597. The fourth-order valence-corrected chi connectivity index (χ4v) is 4.96. The van der Waals surface area contributed by atoms with Gasteiger partial charge >= 0.3 is 6.55 Å². The van der Waals surface area contributed by atoms with Gasteiger partial charge in [-0.15, -0.1) is 0 Å². The lowest BCUT2D eigenvalue weighted by Gasteiger charge is -2.38. The molecule has 3 heterocycles. The second-order valence-electron chi connectivity index (χ2n) is 9.01. The molecule has 0 N–H and O–H groups in total. The number of para-hydroxylation sites is 2. The first kappa shape index (κ1) is 21.8. The first-order chi connectivity index (χ1) is 16.0. The topological polar surface area (TPSA) is 44.6 Å². The first-order valence-corrected chi connectivity index (χ1v) is 11.6. The molecule has 1 amide bonds. The molecule has 5 rings (SSSR count). The molecule has 2 aromatic carbocycles. The number of fused-ring (bicyclic) bond motifs is 1. The number of benzene rings is 2. The number of imidazole rings is 1. The molecule has 6 nitrogen and oxygen atoms in total. The van der Waals surface area contributed by atoms with Crippen LogP contribution in [0.2, 0.25) is 0 Å². The van der Waals surface area contributed by atoms with Gasteiger partial charge in [0.25, 0.3) is 0 Å². The van der Waals surface area contributed by atoms with E-state index in [4.69, 9.17) is 0 Å². The Morgan fingerprint density at radius 3 is 2.42 bits per heavy atom. The highest BCUT2D eigenvalue weighted by atomic mass is 19.3. The Labute approximate surface area is 192 Å². The predicted octanol–water partition coefficient (Wildman–Crippen LogP) is 4.09. The van der Waals surface area contributed by atoms with Crippen molar-refractivity contribution in [1.29, 1.82) is 0 Å². The Morgan fingerprint density at radius 2 is 1.70 bits per heavy atom. The molecule has 0 radical (unpaired) electrons. The number of anilines is 1. The Bertz CT molecular complexity index is 1130. The van der Waals surface area contributed by atoms with Crippen LogP contribution in [0.3, 0.4) is 0 Å². The van der Waals surface area contributed by atoms with Gasteiger partial charge in [-0.1, -0.05) is 24.3 Å². The van der Waals surface area contributed by atoms with Crippen molar-refractivity contribution >= 4 is 22.6 Å². The lowest BCUT2D eigenvalue weighted by atomic mass is 9.94. The Balaban J connectivity index is 1.32. The van der Waals surface area contributed by atoms with Crippen molar-refractivity contribution in [3.8, 4) is 11.4 Å². The summed E-state index contributed by atoms with van der Waals surface area (Å²) in [6.45, 7) is 2.36. The van der Waals surface area contributed by atoms with E-state index in [-0.39, 0.29) is 17.6 Å². The summed E-state index contributed by atoms with van der Waals surface area (Å²) in [5, 5.41) is 0. The molecule has 0 unspecified atom stereocenters. The summed E-state index contributed by atoms with van der Waals surface area (Å²) in [6.07, 6.45) is 1.62. The Morgan fingerprint density at radius 1 is 0.970 bits per heavy atom. The van der Waals surface area contributed by atoms with Crippen molar-refractivity contribution in [2.75, 3.05) is 51.2 Å². The number of aromatic nitrogens is 2. The third-order valence-corrected chi connectivity index (χ3v) is 6.92. The number of alkyl halides is 2. The van der Waals surface area contributed by atoms with Gasteiger partial charge in [0.05, 0.1) is 11.0 Å². The summed E-state index contributed by atoms with van der Waals surface area (Å²) in [6, 6.07) is 14.6. The third-order valence-electron chi connectivity index (χ3n) is 6.92. The van der Waals surface area contributed by atoms with Gasteiger partial charge in [-0.25, -0.2) is 4.98 Å². The first-order valence-electron chi connectivity index (χ1n) is 11.6. The molecular weight excluding hydrogens is 424 g/mol. The van der Waals surface area contributed by atoms with Gasteiger partial charge in [0.1, 0.15) is 5.82 Å². The molecule has 2 aliphatic heterocycles. The second-order valence-corrected chi connectivity index (χ2v) is 9.01. The van der Waals surface area contributed by atoms with Gasteiger partial charge < -0.3 is 14.7 Å². The maximum Gasteiger partial charge on any atom is 0.320 e. The van der Waals surface area contributed by atoms with Gasteiger partial charge in [0.15, 0.2) is 0 Å². The number of hydrogen-bond donors (Lipinski definition) is 0. The summed E-state index contributed by atoms with van der Waals surface area (Å²) in [4.78, 5) is 23.9. The van der Waals surface area contributed by atoms with Crippen LogP contribution in [0.4, 0.5) is 14.5 Å². The van der Waals surface area contributed by atoms with E-state index in [1.807, 2.05) is 29.2 Å². The smallest absolute Gasteiger partial charge is 0.320 e. The number of carbonyl (C=O) groups excluding carboxylic acids is 1. The van der Waals surface area contributed by atoms with Crippen LogP contribution in [-0.4, -0.2) is 71.6 Å². The van der Waals surface area contributed by atoms with Crippen LogP contribution < -0.4 is 4.90 Å². The van der Waals surface area contributed by atoms with E-state index >= 15 is 0 Å². The monoisotopic (exact) mass is 453 g/mol. The molecule has 3 aromatic rings. The minimum Gasteiger partial charge on any atom is -0.371 e. The van der Waals surface area contributed by atoms with Crippen molar-refractivity contribution in [2.45, 2.75) is 19.4 Å². The minimum atomic E-state index is -2.67. The molecule has 0 spiro atoms. The summed E-state index contributed by atoms with van der Waals surface area (Å²) in [5.74, 6) is 0.617. The molecule has 1 aromatic heterocycles. The maximum atomic E-state index is 13.9. The van der Waals surface area contributed by atoms with E-state index in [0.29, 0.717) is 16.6 Å². The number of piperidine rings is 1. The number of halogens is 2. The molecular formula is C25H29F2N5O. The molecule has 33 heavy (non-hydrogen) atoms. The number of piperazine rings is 1. The molecule has 0 saturated carbocycles. The van der Waals surface area contributed by atoms with E-state index in [1.165, 1.54) is 0 Å². The third kappa shape index (κ3) is 4.31. The largest absolute Gasteiger partial charge is 0.371 e. The zero-order chi connectivity index (χ0) is 22.9. The van der Waals surface area contributed by atoms with Crippen molar-refractivity contribution in [2.24, 2.45) is 5.92 Å². The van der Waals surface area contributed by atoms with Crippen LogP contribution in [0, 0.1) is 5.92 Å². The number of amides is 1. The van der Waals surface area contributed by atoms with Gasteiger partial charge in [0, 0.05) is 56.4 Å². The normalized spacial score (nSPS) is 18.4. The summed E-state index contributed by atoms with van der Waals surface area (Å²) < 4.78 is 28.8. The van der Waals surface area contributed by atoms with Crippen LogP contribution in [-0.2, 0) is 4.79 Å². The highest BCUT2D eigenvalue weighted by Gasteiger charge is 2.30. The average Bonchev–Trinajstić information content (AvgIpc) is 3.24. The fraction of sp³-hybridized carbons (Fsp3) is 0.440. The van der Waals surface area contributed by atoms with Crippen LogP contribution in [0.15, 0.2) is 48.5 Å². The lowest BCUT2D eigenvalue weighted by molar-refractivity contribution is -0.137. The molecule has 2 saturated heterocycles. The van der Waals surface area contributed by atoms with Crippen molar-refractivity contribution in [1.82, 2.24) is 19.4 Å². The van der Waals surface area contributed by atoms with E-state index in [1.54, 1.807) is 24.3 Å². The SMILES string of the molecule is CN1CCN(C(=O)C2CCN(c3cccc(-c4nc5ccccc5n4C(F)F)c3)CC2)CC1. The minimum absolute atomic E-state index is 0.0656. The summed E-state index contributed by atoms with van der Waals surface area (Å²) in [7, 11) is 2.09. The average molecular weight is 454 g/mol. The Kier molecular flexibility index (Phi) is 6.01. The highest BCUT2D eigenvalue weighted by molar-refractivity contribution is 5.81. The zero-order valence-electron chi connectivity index (χ0n) is 18.8. The molecule has 174 valence electrons. The summed E-state index contributed by atoms with van der Waals surface area (Å²) in [5.41, 5.74) is 2.63. The highest BCUT2D eigenvalue weighted by Crippen LogP contribution is 2.33. The van der Waals surface area contributed by atoms with Crippen molar-refractivity contribution in [3.05, 3.63) is 48.5 Å². The van der Waals surface area contributed by atoms with Crippen LogP contribution >= 0.6 is 0 Å². The number of carbonyl (C=O) groups is 1. The molecule has 0 atom stereocenters. The predicted molar refractivity (Wildman–Crippen MR) is 125 cm³/mol. The van der Waals surface area contributed by atoms with Crippen molar-refractivity contribution < 1.29 is 13.6 Å². The standard InChI is InChI=1S/C25H29F2N5O/c1-29-13-15-31(16-14-29)24(33)18-9-11-30(12-10-18)20-6-4-5-19(17-20)23-28-21-7-2-3-8-22(21)32(23)25(26)27/h2-8,17-18,25H,9-16H2,1H3. The molecule has 0 bridgehead atoms. The Hall–Kier alpha value is -3.00. The second kappa shape index (κ2) is 9.09. The summed E-state index contributed by atoms with van der Waals surface area (Å²) >= 11 is 0. The van der Waals surface area contributed by atoms with Crippen molar-refractivity contribution in [3.63, 3.8) is 0 Å². The number of likely N-dealkylation sites (N-methyl/N-ethyl adjacent to an activating group) is 1. The van der Waals surface area contributed by atoms with Gasteiger partial charge in [-0.05, 0) is 44.2 Å². The fourth-order valence-electron chi connectivity index (χ4n) is 4.96. The van der Waals surface area contributed by atoms with Gasteiger partial charge in [0.2, 0.25) is 5.91 Å². The molecule has 2 fully saturated rings. The maximum absolute atomic E-state index is 13.9. The van der Waals surface area contributed by atoms with Crippen LogP contribution in [0.25, 0.3) is 22.4 Å².